The molecule has 0 fully saturated rings. The minimum Gasteiger partial charge on any atom is -0.338 e. The van der Waals surface area contributed by atoms with E-state index in [0.717, 1.165) is 29.3 Å². The minimum atomic E-state index is -0.227. The Morgan fingerprint density at radius 1 is 1.14 bits per heavy atom. The molecular formula is C15H17N5O. The number of amides is 2. The molecule has 2 N–H and O–H groups in total. The zero-order chi connectivity index (χ0) is 14.9. The second-order valence-electron chi connectivity index (χ2n) is 4.57. The van der Waals surface area contributed by atoms with Crippen LogP contribution in [0.25, 0.3) is 21.2 Å². The largest absolute Gasteiger partial charge is 0.338 e. The van der Waals surface area contributed by atoms with Crippen molar-refractivity contribution in [2.75, 3.05) is 18.4 Å². The summed E-state index contributed by atoms with van der Waals surface area (Å²) in [6, 6.07) is 13.5. The van der Waals surface area contributed by atoms with E-state index < -0.39 is 0 Å². The number of carbonyl (C=O) groups excluding carboxylic acids is 1. The Labute approximate surface area is 122 Å². The smallest absolute Gasteiger partial charge is 0.319 e. The summed E-state index contributed by atoms with van der Waals surface area (Å²) in [4.78, 5) is 14.5. The Kier molecular flexibility index (Phi) is 5.43. The SMILES string of the molecule is [N-]=[N+]=NCCCCNC(=O)Nc1cccc2ccccc12. The Bertz CT molecular complexity index is 659. The number of fused-ring (bicyclic) bond motifs is 1. The molecule has 0 atom stereocenters. The standard InChI is InChI=1S/C15H17N5O/c16-20-18-11-4-3-10-17-15(21)19-14-9-5-7-12-6-1-2-8-13(12)14/h1-2,5-9H,3-4,10-11H2,(H2,17,19,21). The van der Waals surface area contributed by atoms with Gasteiger partial charge in [-0.15, -0.1) is 0 Å². The van der Waals surface area contributed by atoms with Crippen molar-refractivity contribution in [2.45, 2.75) is 12.8 Å². The van der Waals surface area contributed by atoms with Crippen molar-refractivity contribution in [1.29, 1.82) is 0 Å². The van der Waals surface area contributed by atoms with Gasteiger partial charge in [-0.2, -0.15) is 0 Å². The van der Waals surface area contributed by atoms with Crippen molar-refractivity contribution in [3.05, 3.63) is 52.9 Å². The molecule has 2 aromatic carbocycles. The summed E-state index contributed by atoms with van der Waals surface area (Å²) in [5.74, 6) is 0. The molecule has 0 aliphatic rings. The maximum atomic E-state index is 11.8. The third-order valence-corrected chi connectivity index (χ3v) is 3.07. The van der Waals surface area contributed by atoms with Crippen molar-refractivity contribution in [3.8, 4) is 0 Å². The highest BCUT2D eigenvalue weighted by atomic mass is 16.2. The number of urea groups is 1. The van der Waals surface area contributed by atoms with Crippen LogP contribution in [0.2, 0.25) is 0 Å². The number of hydrogen-bond acceptors (Lipinski definition) is 2. The van der Waals surface area contributed by atoms with Crippen molar-refractivity contribution < 1.29 is 4.79 Å². The van der Waals surface area contributed by atoms with Crippen LogP contribution in [0, 0.1) is 0 Å². The molecule has 0 bridgehead atoms. The van der Waals surface area contributed by atoms with E-state index in [1.54, 1.807) is 0 Å². The zero-order valence-electron chi connectivity index (χ0n) is 11.6. The maximum Gasteiger partial charge on any atom is 0.319 e. The predicted molar refractivity (Wildman–Crippen MR) is 84.2 cm³/mol. The van der Waals surface area contributed by atoms with Crippen LogP contribution in [0.3, 0.4) is 0 Å². The van der Waals surface area contributed by atoms with E-state index in [9.17, 15) is 4.79 Å². The molecule has 2 aromatic rings. The van der Waals surface area contributed by atoms with Gasteiger partial charge in [0, 0.05) is 23.4 Å². The highest BCUT2D eigenvalue weighted by molar-refractivity contribution is 6.01. The Balaban J connectivity index is 1.85. The third kappa shape index (κ3) is 4.40. The second kappa shape index (κ2) is 7.77. The topological polar surface area (TPSA) is 89.9 Å². The Morgan fingerprint density at radius 3 is 2.81 bits per heavy atom. The fraction of sp³-hybridized carbons (Fsp3) is 0.267. The highest BCUT2D eigenvalue weighted by Crippen LogP contribution is 2.22. The first-order valence-electron chi connectivity index (χ1n) is 6.85. The maximum absolute atomic E-state index is 11.8. The number of azide groups is 1. The molecule has 6 nitrogen and oxygen atoms in total. The van der Waals surface area contributed by atoms with Crippen LogP contribution in [0.5, 0.6) is 0 Å². The number of unbranched alkanes of at least 4 members (excludes halogenated alkanes) is 1. The number of rotatable bonds is 6. The molecule has 0 saturated heterocycles. The lowest BCUT2D eigenvalue weighted by molar-refractivity contribution is 0.252. The molecular weight excluding hydrogens is 266 g/mol. The molecule has 0 aliphatic carbocycles. The van der Waals surface area contributed by atoms with Crippen molar-refractivity contribution in [1.82, 2.24) is 5.32 Å². The molecule has 0 aliphatic heterocycles. The van der Waals surface area contributed by atoms with Gasteiger partial charge in [-0.25, -0.2) is 4.79 Å². The van der Waals surface area contributed by atoms with Crippen LogP contribution in [0.1, 0.15) is 12.8 Å². The summed E-state index contributed by atoms with van der Waals surface area (Å²) in [7, 11) is 0. The summed E-state index contributed by atoms with van der Waals surface area (Å²) in [6.07, 6.45) is 1.54. The average Bonchev–Trinajstić information content (AvgIpc) is 2.51. The van der Waals surface area contributed by atoms with Gasteiger partial charge in [-0.05, 0) is 29.8 Å². The zero-order valence-corrected chi connectivity index (χ0v) is 11.6. The first kappa shape index (κ1) is 14.7. The lowest BCUT2D eigenvalue weighted by Gasteiger charge is -2.09. The van der Waals surface area contributed by atoms with Gasteiger partial charge in [-0.3, -0.25) is 0 Å². The van der Waals surface area contributed by atoms with E-state index in [4.69, 9.17) is 5.53 Å². The van der Waals surface area contributed by atoms with Crippen LogP contribution in [-0.2, 0) is 0 Å². The summed E-state index contributed by atoms with van der Waals surface area (Å²) in [5.41, 5.74) is 8.93. The first-order valence-corrected chi connectivity index (χ1v) is 6.85. The molecule has 0 unspecified atom stereocenters. The minimum absolute atomic E-state index is 0.227. The molecule has 2 rings (SSSR count). The molecule has 0 radical (unpaired) electrons. The van der Waals surface area contributed by atoms with E-state index in [2.05, 4.69) is 20.7 Å². The van der Waals surface area contributed by atoms with Crippen molar-refractivity contribution in [2.24, 2.45) is 5.11 Å². The molecule has 21 heavy (non-hydrogen) atoms. The van der Waals surface area contributed by atoms with Gasteiger partial charge in [0.1, 0.15) is 0 Å². The molecule has 6 heteroatoms. The highest BCUT2D eigenvalue weighted by Gasteiger charge is 2.04. The van der Waals surface area contributed by atoms with Gasteiger partial charge in [0.15, 0.2) is 0 Å². The number of benzene rings is 2. The van der Waals surface area contributed by atoms with E-state index in [1.807, 2.05) is 42.5 Å². The molecule has 2 amide bonds. The predicted octanol–water partition coefficient (Wildman–Crippen LogP) is 4.05. The number of nitrogens with zero attached hydrogens (tertiary/aromatic N) is 3. The molecule has 108 valence electrons. The monoisotopic (exact) mass is 283 g/mol. The lowest BCUT2D eigenvalue weighted by Crippen LogP contribution is -2.29. The van der Waals surface area contributed by atoms with Crippen LogP contribution in [-0.4, -0.2) is 19.1 Å². The fourth-order valence-electron chi connectivity index (χ4n) is 2.06. The van der Waals surface area contributed by atoms with Crippen LogP contribution >= 0.6 is 0 Å². The van der Waals surface area contributed by atoms with Gasteiger partial charge in [-0.1, -0.05) is 41.5 Å². The fourth-order valence-corrected chi connectivity index (χ4v) is 2.06. The normalized spacial score (nSPS) is 9.90. The summed E-state index contributed by atoms with van der Waals surface area (Å²) < 4.78 is 0. The number of hydrogen-bond donors (Lipinski definition) is 2. The van der Waals surface area contributed by atoms with Crippen molar-refractivity contribution in [3.63, 3.8) is 0 Å². The summed E-state index contributed by atoms with van der Waals surface area (Å²) in [5, 5.41) is 11.2. The van der Waals surface area contributed by atoms with E-state index in [-0.39, 0.29) is 6.03 Å². The summed E-state index contributed by atoms with van der Waals surface area (Å²) in [6.45, 7) is 1.01. The van der Waals surface area contributed by atoms with Gasteiger partial charge in [0.2, 0.25) is 0 Å². The molecule has 0 aromatic heterocycles. The second-order valence-corrected chi connectivity index (χ2v) is 4.57. The molecule has 0 saturated carbocycles. The Morgan fingerprint density at radius 2 is 1.95 bits per heavy atom. The average molecular weight is 283 g/mol. The van der Waals surface area contributed by atoms with E-state index in [1.165, 1.54) is 0 Å². The van der Waals surface area contributed by atoms with Gasteiger partial charge in [0.05, 0.1) is 5.69 Å². The van der Waals surface area contributed by atoms with E-state index >= 15 is 0 Å². The van der Waals surface area contributed by atoms with Crippen LogP contribution in [0.15, 0.2) is 47.6 Å². The lowest BCUT2D eigenvalue weighted by atomic mass is 10.1. The summed E-state index contributed by atoms with van der Waals surface area (Å²) >= 11 is 0. The van der Waals surface area contributed by atoms with Gasteiger partial charge in [0.25, 0.3) is 0 Å². The number of nitrogens with one attached hydrogen (secondary N) is 2. The molecule has 0 spiro atoms. The first-order chi connectivity index (χ1) is 10.3. The van der Waals surface area contributed by atoms with Gasteiger partial charge >= 0.3 is 6.03 Å². The van der Waals surface area contributed by atoms with Crippen LogP contribution in [0.4, 0.5) is 10.5 Å². The molecule has 0 heterocycles. The third-order valence-electron chi connectivity index (χ3n) is 3.07. The number of carbonyl (C=O) groups is 1. The van der Waals surface area contributed by atoms with Gasteiger partial charge < -0.3 is 10.6 Å². The van der Waals surface area contributed by atoms with Crippen molar-refractivity contribution >= 4 is 22.5 Å². The Hall–Kier alpha value is -2.72. The quantitative estimate of drug-likeness (QED) is 0.356. The van der Waals surface area contributed by atoms with E-state index in [0.29, 0.717) is 13.1 Å². The van der Waals surface area contributed by atoms with Crippen LogP contribution < -0.4 is 10.6 Å². The number of anilines is 1.